The summed E-state index contributed by atoms with van der Waals surface area (Å²) in [5.41, 5.74) is -0.0689. The molecule has 14 heavy (non-hydrogen) atoms. The quantitative estimate of drug-likeness (QED) is 0.738. The van der Waals surface area contributed by atoms with E-state index in [4.69, 9.17) is 4.74 Å². The highest BCUT2D eigenvalue weighted by Gasteiger charge is 2.43. The summed E-state index contributed by atoms with van der Waals surface area (Å²) >= 11 is 0. The van der Waals surface area contributed by atoms with Gasteiger partial charge in [-0.1, -0.05) is 30.3 Å². The van der Waals surface area contributed by atoms with E-state index < -0.39 is 5.60 Å². The molecule has 2 rings (SSSR count). The molecule has 1 aromatic rings. The number of ether oxygens (including phenoxy) is 1. The molecule has 1 aliphatic rings. The molecular formula is C12H16O2. The Kier molecular flexibility index (Phi) is 2.13. The Balaban J connectivity index is 2.27. The van der Waals surface area contributed by atoms with E-state index in [1.807, 2.05) is 44.2 Å². The fourth-order valence-corrected chi connectivity index (χ4v) is 2.05. The molecule has 1 saturated heterocycles. The van der Waals surface area contributed by atoms with Gasteiger partial charge in [0.05, 0.1) is 12.2 Å². The maximum absolute atomic E-state index is 10.4. The first-order chi connectivity index (χ1) is 6.52. The molecule has 0 saturated carbocycles. The summed E-state index contributed by atoms with van der Waals surface area (Å²) in [7, 11) is 0. The molecule has 0 bridgehead atoms. The van der Waals surface area contributed by atoms with Gasteiger partial charge in [-0.2, -0.15) is 0 Å². The molecule has 2 nitrogen and oxygen atoms in total. The lowest BCUT2D eigenvalue weighted by molar-refractivity contribution is 0.00358. The molecular weight excluding hydrogens is 176 g/mol. The average Bonchev–Trinajstić information content (AvgIpc) is 2.44. The van der Waals surface area contributed by atoms with Gasteiger partial charge < -0.3 is 9.84 Å². The molecule has 0 aliphatic carbocycles. The summed E-state index contributed by atoms with van der Waals surface area (Å²) < 4.78 is 5.56. The van der Waals surface area contributed by atoms with Crippen molar-refractivity contribution in [1.29, 1.82) is 0 Å². The maximum atomic E-state index is 10.4. The van der Waals surface area contributed by atoms with Crippen LogP contribution in [0.4, 0.5) is 0 Å². The molecule has 1 aliphatic heterocycles. The van der Waals surface area contributed by atoms with Crippen molar-refractivity contribution in [2.45, 2.75) is 31.5 Å². The number of rotatable bonds is 1. The monoisotopic (exact) mass is 192 g/mol. The van der Waals surface area contributed by atoms with Gasteiger partial charge in [0.25, 0.3) is 0 Å². The van der Waals surface area contributed by atoms with Crippen LogP contribution in [-0.2, 0) is 10.3 Å². The van der Waals surface area contributed by atoms with E-state index in [9.17, 15) is 5.11 Å². The fourth-order valence-electron chi connectivity index (χ4n) is 2.05. The Bertz CT molecular complexity index is 318. The van der Waals surface area contributed by atoms with Crippen molar-refractivity contribution in [2.24, 2.45) is 0 Å². The van der Waals surface area contributed by atoms with Crippen LogP contribution >= 0.6 is 0 Å². The molecule has 1 atom stereocenters. The zero-order chi connectivity index (χ0) is 10.2. The normalized spacial score (nSPS) is 30.5. The highest BCUT2D eigenvalue weighted by Crippen LogP contribution is 2.39. The van der Waals surface area contributed by atoms with Gasteiger partial charge in [0.2, 0.25) is 0 Å². The van der Waals surface area contributed by atoms with Gasteiger partial charge in [0, 0.05) is 6.42 Å². The minimum atomic E-state index is -0.801. The van der Waals surface area contributed by atoms with Crippen molar-refractivity contribution in [3.63, 3.8) is 0 Å². The molecule has 1 heterocycles. The largest absolute Gasteiger partial charge is 0.383 e. The van der Waals surface area contributed by atoms with Crippen molar-refractivity contribution >= 4 is 0 Å². The third-order valence-corrected chi connectivity index (χ3v) is 2.73. The second-order valence-electron chi connectivity index (χ2n) is 4.62. The Hall–Kier alpha value is -0.860. The van der Waals surface area contributed by atoms with Crippen molar-refractivity contribution in [3.8, 4) is 0 Å². The first-order valence-electron chi connectivity index (χ1n) is 4.94. The van der Waals surface area contributed by atoms with Gasteiger partial charge in [-0.15, -0.1) is 0 Å². The molecule has 1 fully saturated rings. The molecule has 76 valence electrons. The lowest BCUT2D eigenvalue weighted by Crippen LogP contribution is -2.27. The molecule has 0 radical (unpaired) electrons. The predicted octanol–water partition coefficient (Wildman–Crippen LogP) is 2.07. The lowest BCUT2D eigenvalue weighted by atomic mass is 9.87. The summed E-state index contributed by atoms with van der Waals surface area (Å²) in [6.07, 6.45) is 0.657. The Morgan fingerprint density at radius 1 is 1.21 bits per heavy atom. The Morgan fingerprint density at radius 3 is 2.36 bits per heavy atom. The van der Waals surface area contributed by atoms with Crippen LogP contribution in [0.15, 0.2) is 30.3 Å². The Morgan fingerprint density at radius 2 is 1.86 bits per heavy atom. The topological polar surface area (TPSA) is 29.5 Å². The predicted molar refractivity (Wildman–Crippen MR) is 55.0 cm³/mol. The summed E-state index contributed by atoms with van der Waals surface area (Å²) in [6, 6.07) is 9.74. The van der Waals surface area contributed by atoms with E-state index in [2.05, 4.69) is 0 Å². The minimum absolute atomic E-state index is 0.218. The zero-order valence-electron chi connectivity index (χ0n) is 8.66. The van der Waals surface area contributed by atoms with Crippen LogP contribution in [0.3, 0.4) is 0 Å². The van der Waals surface area contributed by atoms with Gasteiger partial charge in [0.1, 0.15) is 5.60 Å². The van der Waals surface area contributed by atoms with E-state index in [0.717, 1.165) is 5.56 Å². The zero-order valence-corrected chi connectivity index (χ0v) is 8.66. The maximum Gasteiger partial charge on any atom is 0.116 e. The standard InChI is InChI=1S/C12H16O2/c1-11(2)8-12(13,9-14-11)10-6-4-3-5-7-10/h3-7,13H,8-9H2,1-2H3. The molecule has 1 N–H and O–H groups in total. The van der Waals surface area contributed by atoms with E-state index in [-0.39, 0.29) is 5.60 Å². The van der Waals surface area contributed by atoms with Gasteiger partial charge in [-0.25, -0.2) is 0 Å². The third-order valence-electron chi connectivity index (χ3n) is 2.73. The second kappa shape index (κ2) is 3.07. The molecule has 2 heteroatoms. The van der Waals surface area contributed by atoms with Gasteiger partial charge in [0.15, 0.2) is 0 Å². The van der Waals surface area contributed by atoms with Gasteiger partial charge in [-0.05, 0) is 19.4 Å². The minimum Gasteiger partial charge on any atom is -0.383 e. The van der Waals surface area contributed by atoms with Crippen molar-refractivity contribution < 1.29 is 9.84 Å². The fraction of sp³-hybridized carbons (Fsp3) is 0.500. The molecule has 0 aromatic heterocycles. The first kappa shape index (κ1) is 9.69. The van der Waals surface area contributed by atoms with Crippen LogP contribution < -0.4 is 0 Å². The smallest absolute Gasteiger partial charge is 0.116 e. The lowest BCUT2D eigenvalue weighted by Gasteiger charge is -2.22. The van der Waals surface area contributed by atoms with E-state index in [0.29, 0.717) is 13.0 Å². The van der Waals surface area contributed by atoms with Crippen LogP contribution in [0.1, 0.15) is 25.8 Å². The molecule has 1 unspecified atom stereocenters. The van der Waals surface area contributed by atoms with Crippen molar-refractivity contribution in [3.05, 3.63) is 35.9 Å². The number of aliphatic hydroxyl groups is 1. The third kappa shape index (κ3) is 1.68. The SMILES string of the molecule is CC1(C)CC(O)(c2ccccc2)CO1. The van der Waals surface area contributed by atoms with Crippen LogP contribution in [0, 0.1) is 0 Å². The van der Waals surface area contributed by atoms with Crippen LogP contribution in [0.2, 0.25) is 0 Å². The van der Waals surface area contributed by atoms with Crippen LogP contribution in [0.25, 0.3) is 0 Å². The number of hydrogen-bond donors (Lipinski definition) is 1. The number of hydrogen-bond acceptors (Lipinski definition) is 2. The van der Waals surface area contributed by atoms with Crippen LogP contribution in [-0.4, -0.2) is 17.3 Å². The second-order valence-corrected chi connectivity index (χ2v) is 4.62. The highest BCUT2D eigenvalue weighted by molar-refractivity contribution is 5.24. The van der Waals surface area contributed by atoms with Crippen molar-refractivity contribution in [1.82, 2.24) is 0 Å². The first-order valence-corrected chi connectivity index (χ1v) is 4.94. The summed E-state index contributed by atoms with van der Waals surface area (Å²) in [5, 5.41) is 10.4. The van der Waals surface area contributed by atoms with Gasteiger partial charge >= 0.3 is 0 Å². The van der Waals surface area contributed by atoms with E-state index >= 15 is 0 Å². The number of benzene rings is 1. The van der Waals surface area contributed by atoms with Gasteiger partial charge in [-0.3, -0.25) is 0 Å². The summed E-state index contributed by atoms with van der Waals surface area (Å²) in [5.74, 6) is 0. The van der Waals surface area contributed by atoms with Crippen molar-refractivity contribution in [2.75, 3.05) is 6.61 Å². The van der Waals surface area contributed by atoms with Crippen LogP contribution in [0.5, 0.6) is 0 Å². The Labute approximate surface area is 84.5 Å². The summed E-state index contributed by atoms with van der Waals surface area (Å²) in [4.78, 5) is 0. The molecule has 0 spiro atoms. The van der Waals surface area contributed by atoms with E-state index in [1.54, 1.807) is 0 Å². The summed E-state index contributed by atoms with van der Waals surface area (Å²) in [6.45, 7) is 4.41. The molecule has 0 amide bonds. The average molecular weight is 192 g/mol. The highest BCUT2D eigenvalue weighted by atomic mass is 16.5. The van der Waals surface area contributed by atoms with E-state index in [1.165, 1.54) is 0 Å². The molecule has 1 aromatic carbocycles.